The smallest absolute Gasteiger partial charge is 0.255 e. The van der Waals surface area contributed by atoms with Crippen molar-refractivity contribution >= 4 is 26.8 Å². The molecule has 1 aliphatic rings. The van der Waals surface area contributed by atoms with Crippen LogP contribution < -0.4 is 5.56 Å². The summed E-state index contributed by atoms with van der Waals surface area (Å²) >= 11 is 3.66. The summed E-state index contributed by atoms with van der Waals surface area (Å²) in [6, 6.07) is 16.0. The molecular weight excluding hydrogens is 416 g/mol. The normalized spacial score (nSPS) is 14.3. The molecule has 6 heteroatoms. The van der Waals surface area contributed by atoms with E-state index in [0.717, 1.165) is 46.3 Å². The number of nitrogens with one attached hydrogen (secondary N) is 2. The molecule has 0 spiro atoms. The predicted octanol–water partition coefficient (Wildman–Crippen LogP) is 4.24. The molecule has 0 saturated heterocycles. The number of nitrogens with zero attached hydrogens (tertiary/aromatic N) is 2. The molecule has 0 atom stereocenters. The Morgan fingerprint density at radius 1 is 1.11 bits per heavy atom. The average molecular weight is 435 g/mol. The number of halogens is 1. The van der Waals surface area contributed by atoms with Crippen molar-refractivity contribution < 1.29 is 0 Å². The highest BCUT2D eigenvalue weighted by Crippen LogP contribution is 2.29. The zero-order chi connectivity index (χ0) is 19.1. The number of H-pyrrole nitrogens is 2. The molecular formula is C22H19BrN4O. The van der Waals surface area contributed by atoms with Gasteiger partial charge >= 0.3 is 0 Å². The summed E-state index contributed by atoms with van der Waals surface area (Å²) in [5.74, 6) is 0.651. The second kappa shape index (κ2) is 7.04. The van der Waals surface area contributed by atoms with E-state index >= 15 is 0 Å². The van der Waals surface area contributed by atoms with E-state index in [-0.39, 0.29) is 5.56 Å². The number of aromatic amines is 2. The third-order valence-electron chi connectivity index (χ3n) is 5.33. The van der Waals surface area contributed by atoms with E-state index in [4.69, 9.17) is 4.98 Å². The summed E-state index contributed by atoms with van der Waals surface area (Å²) in [7, 11) is 0. The topological polar surface area (TPSA) is 64.8 Å². The second-order valence-electron chi connectivity index (χ2n) is 7.14. The number of rotatable bonds is 3. The van der Waals surface area contributed by atoms with E-state index in [9.17, 15) is 4.79 Å². The Morgan fingerprint density at radius 2 is 1.96 bits per heavy atom. The van der Waals surface area contributed by atoms with Gasteiger partial charge in [-0.2, -0.15) is 0 Å². The van der Waals surface area contributed by atoms with Crippen LogP contribution in [0.25, 0.3) is 22.3 Å². The summed E-state index contributed by atoms with van der Waals surface area (Å²) in [6.07, 6.45) is 2.84. The van der Waals surface area contributed by atoms with Gasteiger partial charge in [0, 0.05) is 53.2 Å². The fourth-order valence-electron chi connectivity index (χ4n) is 3.92. The van der Waals surface area contributed by atoms with Crippen molar-refractivity contribution in [1.29, 1.82) is 0 Å². The predicted molar refractivity (Wildman–Crippen MR) is 114 cm³/mol. The van der Waals surface area contributed by atoms with E-state index in [1.165, 1.54) is 10.9 Å². The van der Waals surface area contributed by atoms with Gasteiger partial charge in [-0.15, -0.1) is 0 Å². The molecule has 5 rings (SSSR count). The van der Waals surface area contributed by atoms with Gasteiger partial charge in [0.1, 0.15) is 5.82 Å². The molecule has 0 saturated carbocycles. The Kier molecular flexibility index (Phi) is 4.37. The maximum atomic E-state index is 12.7. The number of hydrogen-bond donors (Lipinski definition) is 2. The lowest BCUT2D eigenvalue weighted by atomic mass is 10.1. The van der Waals surface area contributed by atoms with E-state index < -0.39 is 0 Å². The largest absolute Gasteiger partial charge is 0.361 e. The molecule has 4 aromatic rings. The van der Waals surface area contributed by atoms with E-state index in [1.807, 2.05) is 36.4 Å². The molecule has 1 aliphatic heterocycles. The first-order valence-corrected chi connectivity index (χ1v) is 10.1. The Hall–Kier alpha value is -2.70. The minimum Gasteiger partial charge on any atom is -0.361 e. The summed E-state index contributed by atoms with van der Waals surface area (Å²) in [4.78, 5) is 26.1. The summed E-state index contributed by atoms with van der Waals surface area (Å²) in [6.45, 7) is 2.29. The van der Waals surface area contributed by atoms with Crippen LogP contribution >= 0.6 is 15.9 Å². The van der Waals surface area contributed by atoms with Crippen LogP contribution in [0.2, 0.25) is 0 Å². The van der Waals surface area contributed by atoms with Crippen LogP contribution in [0.5, 0.6) is 0 Å². The highest BCUT2D eigenvalue weighted by molar-refractivity contribution is 9.10. The van der Waals surface area contributed by atoms with Crippen molar-refractivity contribution in [2.45, 2.75) is 19.5 Å². The molecule has 0 aliphatic carbocycles. The van der Waals surface area contributed by atoms with E-state index in [0.29, 0.717) is 12.4 Å². The van der Waals surface area contributed by atoms with Gasteiger partial charge in [0.05, 0.1) is 11.3 Å². The lowest BCUT2D eigenvalue weighted by Gasteiger charge is -2.27. The summed E-state index contributed by atoms with van der Waals surface area (Å²) in [5.41, 5.74) is 4.95. The first kappa shape index (κ1) is 17.4. The van der Waals surface area contributed by atoms with Gasteiger partial charge in [-0.25, -0.2) is 4.98 Å². The molecule has 0 unspecified atom stereocenters. The van der Waals surface area contributed by atoms with Gasteiger partial charge in [-0.1, -0.05) is 52.3 Å². The number of benzene rings is 2. The fraction of sp³-hybridized carbons (Fsp3) is 0.182. The summed E-state index contributed by atoms with van der Waals surface area (Å²) < 4.78 is 1.09. The third-order valence-corrected chi connectivity index (χ3v) is 5.99. The molecule has 2 aromatic carbocycles. The van der Waals surface area contributed by atoms with E-state index in [2.05, 4.69) is 49.1 Å². The highest BCUT2D eigenvalue weighted by Gasteiger charge is 2.22. The molecule has 0 fully saturated rings. The Bertz CT molecular complexity index is 1210. The minimum absolute atomic E-state index is 0.0336. The molecule has 0 radical (unpaired) electrons. The Morgan fingerprint density at radius 3 is 2.82 bits per heavy atom. The van der Waals surface area contributed by atoms with Crippen LogP contribution in [-0.4, -0.2) is 26.4 Å². The zero-order valence-corrected chi connectivity index (χ0v) is 16.8. The SMILES string of the molecule is O=c1[nH]c(-c2ccccc2)nc2c1CN(Cc1c[nH]c3cccc(Br)c13)CC2. The Balaban J connectivity index is 1.43. The van der Waals surface area contributed by atoms with Gasteiger partial charge in [-0.05, 0) is 17.7 Å². The van der Waals surface area contributed by atoms with Gasteiger partial charge in [0.25, 0.3) is 5.56 Å². The maximum Gasteiger partial charge on any atom is 0.255 e. The third kappa shape index (κ3) is 3.08. The van der Waals surface area contributed by atoms with Crippen LogP contribution in [0.1, 0.15) is 16.8 Å². The minimum atomic E-state index is -0.0336. The van der Waals surface area contributed by atoms with Gasteiger partial charge in [0.15, 0.2) is 0 Å². The van der Waals surface area contributed by atoms with Crippen molar-refractivity contribution in [2.24, 2.45) is 0 Å². The quantitative estimate of drug-likeness (QED) is 0.506. The lowest BCUT2D eigenvalue weighted by molar-refractivity contribution is 0.242. The van der Waals surface area contributed by atoms with Crippen LogP contribution in [0.15, 0.2) is 64.0 Å². The highest BCUT2D eigenvalue weighted by atomic mass is 79.9. The molecule has 2 N–H and O–H groups in total. The van der Waals surface area contributed by atoms with Crippen LogP contribution in [0.4, 0.5) is 0 Å². The Labute approximate surface area is 170 Å². The summed E-state index contributed by atoms with van der Waals surface area (Å²) in [5, 5.41) is 1.21. The van der Waals surface area contributed by atoms with Crippen molar-refractivity contribution in [3.63, 3.8) is 0 Å². The number of fused-ring (bicyclic) bond motifs is 2. The van der Waals surface area contributed by atoms with Crippen LogP contribution in [0, 0.1) is 0 Å². The first-order valence-electron chi connectivity index (χ1n) is 9.33. The van der Waals surface area contributed by atoms with Crippen LogP contribution in [0.3, 0.4) is 0 Å². The van der Waals surface area contributed by atoms with Gasteiger partial charge in [0.2, 0.25) is 0 Å². The molecule has 0 amide bonds. The van der Waals surface area contributed by atoms with Gasteiger partial charge < -0.3 is 9.97 Å². The van der Waals surface area contributed by atoms with Crippen LogP contribution in [-0.2, 0) is 19.5 Å². The molecule has 0 bridgehead atoms. The molecule has 140 valence electrons. The number of hydrogen-bond acceptors (Lipinski definition) is 3. The van der Waals surface area contributed by atoms with Crippen molar-refractivity contribution in [2.75, 3.05) is 6.54 Å². The van der Waals surface area contributed by atoms with Gasteiger partial charge in [-0.3, -0.25) is 9.69 Å². The molecule has 2 aromatic heterocycles. The van der Waals surface area contributed by atoms with Crippen molar-refractivity contribution in [3.05, 3.63) is 86.4 Å². The zero-order valence-electron chi connectivity index (χ0n) is 15.2. The first-order chi connectivity index (χ1) is 13.7. The van der Waals surface area contributed by atoms with E-state index in [1.54, 1.807) is 0 Å². The van der Waals surface area contributed by atoms with Crippen molar-refractivity contribution in [3.8, 4) is 11.4 Å². The van der Waals surface area contributed by atoms with Crippen molar-refractivity contribution in [1.82, 2.24) is 19.9 Å². The fourth-order valence-corrected chi connectivity index (χ4v) is 4.54. The average Bonchev–Trinajstić information content (AvgIpc) is 3.13. The monoisotopic (exact) mass is 434 g/mol. The molecule has 3 heterocycles. The maximum absolute atomic E-state index is 12.7. The molecule has 5 nitrogen and oxygen atoms in total. The second-order valence-corrected chi connectivity index (χ2v) is 8.00. The lowest BCUT2D eigenvalue weighted by Crippen LogP contribution is -2.35. The molecule has 28 heavy (non-hydrogen) atoms. The number of aromatic nitrogens is 3. The standard InChI is InChI=1S/C22H19BrN4O/c23-17-7-4-8-19-20(17)15(11-24-19)12-27-10-9-18-16(13-27)22(28)26-21(25-18)14-5-2-1-3-6-14/h1-8,11,24H,9-10,12-13H2,(H,25,26,28).